The molecule has 6 nitrogen and oxygen atoms in total. The second-order valence-corrected chi connectivity index (χ2v) is 7.33. The molecule has 162 valence electrons. The summed E-state index contributed by atoms with van der Waals surface area (Å²) in [6, 6.07) is 27.3. The van der Waals surface area contributed by atoms with Gasteiger partial charge in [-0.3, -0.25) is 9.48 Å². The standard InChI is InChI=1S/C26H25N3O3/c30-26(27-17-21-7-9-22(10-8-21)18-29-16-4-15-28-29)20-32-25-13-11-24(12-14-25)31-19-23-5-2-1-3-6-23/h1-16H,17-20H2,(H,27,30). The van der Waals surface area contributed by atoms with Gasteiger partial charge in [0.1, 0.15) is 18.1 Å². The summed E-state index contributed by atoms with van der Waals surface area (Å²) in [6.07, 6.45) is 3.69. The molecule has 1 heterocycles. The van der Waals surface area contributed by atoms with Gasteiger partial charge in [-0.25, -0.2) is 0 Å². The number of hydrogen-bond donors (Lipinski definition) is 1. The lowest BCUT2D eigenvalue weighted by Gasteiger charge is -2.10. The van der Waals surface area contributed by atoms with E-state index < -0.39 is 0 Å². The summed E-state index contributed by atoms with van der Waals surface area (Å²) in [4.78, 5) is 12.1. The summed E-state index contributed by atoms with van der Waals surface area (Å²) in [5.74, 6) is 1.20. The smallest absolute Gasteiger partial charge is 0.258 e. The number of amides is 1. The van der Waals surface area contributed by atoms with Crippen molar-refractivity contribution in [3.63, 3.8) is 0 Å². The Balaban J connectivity index is 1.17. The fraction of sp³-hybridized carbons (Fsp3) is 0.154. The van der Waals surface area contributed by atoms with Gasteiger partial charge in [0.25, 0.3) is 5.91 Å². The molecule has 1 N–H and O–H groups in total. The second-order valence-electron chi connectivity index (χ2n) is 7.33. The number of benzene rings is 3. The highest BCUT2D eigenvalue weighted by Crippen LogP contribution is 2.18. The minimum absolute atomic E-state index is 0.0401. The first kappa shape index (κ1) is 21.2. The fourth-order valence-electron chi connectivity index (χ4n) is 3.12. The first-order valence-electron chi connectivity index (χ1n) is 10.5. The zero-order valence-electron chi connectivity index (χ0n) is 17.7. The number of nitrogens with one attached hydrogen (secondary N) is 1. The molecule has 0 bridgehead atoms. The molecule has 0 aliphatic rings. The number of nitrogens with zero attached hydrogens (tertiary/aromatic N) is 2. The topological polar surface area (TPSA) is 65.4 Å². The molecule has 0 spiro atoms. The van der Waals surface area contributed by atoms with Gasteiger partial charge in [-0.1, -0.05) is 54.6 Å². The molecular formula is C26H25N3O3. The molecule has 0 unspecified atom stereocenters. The average Bonchev–Trinajstić information content (AvgIpc) is 3.35. The lowest BCUT2D eigenvalue weighted by molar-refractivity contribution is -0.123. The van der Waals surface area contributed by atoms with Gasteiger partial charge in [-0.15, -0.1) is 0 Å². The van der Waals surface area contributed by atoms with Crippen molar-refractivity contribution in [1.82, 2.24) is 15.1 Å². The molecule has 0 radical (unpaired) electrons. The summed E-state index contributed by atoms with van der Waals surface area (Å²) < 4.78 is 13.2. The lowest BCUT2D eigenvalue weighted by atomic mass is 10.1. The molecular weight excluding hydrogens is 402 g/mol. The highest BCUT2D eigenvalue weighted by molar-refractivity contribution is 5.77. The molecule has 32 heavy (non-hydrogen) atoms. The molecule has 0 aliphatic heterocycles. The molecule has 0 fully saturated rings. The number of ether oxygens (including phenoxy) is 2. The first-order valence-corrected chi connectivity index (χ1v) is 10.5. The highest BCUT2D eigenvalue weighted by atomic mass is 16.5. The molecule has 0 atom stereocenters. The van der Waals surface area contributed by atoms with Gasteiger partial charge in [0.15, 0.2) is 6.61 Å². The summed E-state index contributed by atoms with van der Waals surface area (Å²) >= 11 is 0. The van der Waals surface area contributed by atoms with Crippen molar-refractivity contribution < 1.29 is 14.3 Å². The fourth-order valence-corrected chi connectivity index (χ4v) is 3.12. The predicted molar refractivity (Wildman–Crippen MR) is 122 cm³/mol. The second kappa shape index (κ2) is 10.8. The van der Waals surface area contributed by atoms with Gasteiger partial charge in [0.05, 0.1) is 6.54 Å². The van der Waals surface area contributed by atoms with Gasteiger partial charge in [-0.05, 0) is 47.0 Å². The lowest BCUT2D eigenvalue weighted by Crippen LogP contribution is -2.28. The average molecular weight is 428 g/mol. The van der Waals surface area contributed by atoms with E-state index >= 15 is 0 Å². The van der Waals surface area contributed by atoms with Crippen LogP contribution in [0.3, 0.4) is 0 Å². The third-order valence-electron chi connectivity index (χ3n) is 4.86. The highest BCUT2D eigenvalue weighted by Gasteiger charge is 2.04. The molecule has 4 rings (SSSR count). The minimum Gasteiger partial charge on any atom is -0.489 e. The SMILES string of the molecule is O=C(COc1ccc(OCc2ccccc2)cc1)NCc1ccc(Cn2cccn2)cc1. The third kappa shape index (κ3) is 6.47. The van der Waals surface area contributed by atoms with Crippen molar-refractivity contribution >= 4 is 5.91 Å². The van der Waals surface area contributed by atoms with Gasteiger partial charge in [0, 0.05) is 18.9 Å². The summed E-state index contributed by atoms with van der Waals surface area (Å²) in [5.41, 5.74) is 3.29. The van der Waals surface area contributed by atoms with Gasteiger partial charge < -0.3 is 14.8 Å². The first-order chi connectivity index (χ1) is 15.7. The summed E-state index contributed by atoms with van der Waals surface area (Å²) in [5, 5.41) is 7.08. The number of carbonyl (C=O) groups excluding carboxylic acids is 1. The van der Waals surface area contributed by atoms with Gasteiger partial charge in [0.2, 0.25) is 0 Å². The van der Waals surface area contributed by atoms with Crippen LogP contribution in [0.15, 0.2) is 97.3 Å². The van der Waals surface area contributed by atoms with Crippen LogP contribution in [0.2, 0.25) is 0 Å². The minimum atomic E-state index is -0.171. The Morgan fingerprint density at radius 3 is 2.16 bits per heavy atom. The van der Waals surface area contributed by atoms with E-state index in [0.29, 0.717) is 18.9 Å². The van der Waals surface area contributed by atoms with Crippen LogP contribution in [-0.4, -0.2) is 22.3 Å². The molecule has 0 saturated carbocycles. The van der Waals surface area contributed by atoms with E-state index in [1.54, 1.807) is 18.3 Å². The Bertz CT molecular complexity index is 1090. The molecule has 6 heteroatoms. The van der Waals surface area contributed by atoms with Crippen molar-refractivity contribution in [1.29, 1.82) is 0 Å². The molecule has 1 aromatic heterocycles. The van der Waals surface area contributed by atoms with Crippen LogP contribution in [0.1, 0.15) is 16.7 Å². The Kier molecular flexibility index (Phi) is 7.16. The normalized spacial score (nSPS) is 10.5. The van der Waals surface area contributed by atoms with E-state index in [4.69, 9.17) is 9.47 Å². The van der Waals surface area contributed by atoms with E-state index in [9.17, 15) is 4.79 Å². The van der Waals surface area contributed by atoms with Crippen LogP contribution in [0, 0.1) is 0 Å². The maximum Gasteiger partial charge on any atom is 0.258 e. The quantitative estimate of drug-likeness (QED) is 0.412. The van der Waals surface area contributed by atoms with Crippen LogP contribution in [0.4, 0.5) is 0 Å². The molecule has 0 saturated heterocycles. The zero-order valence-corrected chi connectivity index (χ0v) is 17.7. The van der Waals surface area contributed by atoms with Crippen molar-refractivity contribution in [3.05, 3.63) is 114 Å². The number of aromatic nitrogens is 2. The van der Waals surface area contributed by atoms with Crippen LogP contribution in [-0.2, 0) is 24.5 Å². The predicted octanol–water partition coefficient (Wildman–Crippen LogP) is 4.21. The third-order valence-corrected chi connectivity index (χ3v) is 4.86. The number of carbonyl (C=O) groups is 1. The van der Waals surface area contributed by atoms with E-state index in [2.05, 4.69) is 10.4 Å². The molecule has 4 aromatic rings. The van der Waals surface area contributed by atoms with Crippen molar-refractivity contribution in [2.45, 2.75) is 19.7 Å². The zero-order chi connectivity index (χ0) is 22.0. The Morgan fingerprint density at radius 2 is 1.47 bits per heavy atom. The molecule has 0 aliphatic carbocycles. The van der Waals surface area contributed by atoms with Crippen molar-refractivity contribution in [2.75, 3.05) is 6.61 Å². The van der Waals surface area contributed by atoms with E-state index in [1.807, 2.05) is 83.7 Å². The van der Waals surface area contributed by atoms with Crippen molar-refractivity contribution in [3.8, 4) is 11.5 Å². The van der Waals surface area contributed by atoms with E-state index in [0.717, 1.165) is 29.0 Å². The van der Waals surface area contributed by atoms with Crippen LogP contribution >= 0.6 is 0 Å². The maximum atomic E-state index is 12.1. The van der Waals surface area contributed by atoms with E-state index in [-0.39, 0.29) is 12.5 Å². The Hall–Kier alpha value is -4.06. The molecule has 3 aromatic carbocycles. The van der Waals surface area contributed by atoms with Crippen LogP contribution in [0.25, 0.3) is 0 Å². The van der Waals surface area contributed by atoms with Crippen molar-refractivity contribution in [2.24, 2.45) is 0 Å². The summed E-state index contributed by atoms with van der Waals surface area (Å²) in [6.45, 7) is 1.65. The molecule has 1 amide bonds. The van der Waals surface area contributed by atoms with Gasteiger partial charge >= 0.3 is 0 Å². The van der Waals surface area contributed by atoms with Crippen LogP contribution in [0.5, 0.6) is 11.5 Å². The van der Waals surface area contributed by atoms with E-state index in [1.165, 1.54) is 0 Å². The Labute approximate surface area is 187 Å². The van der Waals surface area contributed by atoms with Gasteiger partial charge in [-0.2, -0.15) is 5.10 Å². The maximum absolute atomic E-state index is 12.1. The number of hydrogen-bond acceptors (Lipinski definition) is 4. The largest absolute Gasteiger partial charge is 0.489 e. The number of rotatable bonds is 10. The Morgan fingerprint density at radius 1 is 0.781 bits per heavy atom. The monoisotopic (exact) mass is 427 g/mol. The summed E-state index contributed by atoms with van der Waals surface area (Å²) in [7, 11) is 0. The van der Waals surface area contributed by atoms with Crippen LogP contribution < -0.4 is 14.8 Å².